The highest BCUT2D eigenvalue weighted by Gasteiger charge is 2.31. The summed E-state index contributed by atoms with van der Waals surface area (Å²) >= 11 is 0. The number of aromatic amines is 1. The maximum absolute atomic E-state index is 12.4. The summed E-state index contributed by atoms with van der Waals surface area (Å²) in [4.78, 5) is 26.6. The topological polar surface area (TPSA) is 118 Å². The number of hydrogen-bond donors (Lipinski definition) is 2. The Morgan fingerprint density at radius 2 is 1.87 bits per heavy atom. The number of benzene rings is 1. The van der Waals surface area contributed by atoms with Crippen molar-refractivity contribution in [3.63, 3.8) is 0 Å². The lowest BCUT2D eigenvalue weighted by Gasteiger charge is -2.21. The number of hydrazone groups is 1. The molecular weight excluding hydrogens is 392 g/mol. The Bertz CT molecular complexity index is 1090. The van der Waals surface area contributed by atoms with Crippen LogP contribution >= 0.6 is 0 Å². The first kappa shape index (κ1) is 21.0. The van der Waals surface area contributed by atoms with Gasteiger partial charge in [-0.1, -0.05) is 6.08 Å². The number of rotatable bonds is 7. The molecule has 1 aromatic carbocycles. The third-order valence-electron chi connectivity index (χ3n) is 4.96. The summed E-state index contributed by atoms with van der Waals surface area (Å²) in [5.41, 5.74) is -0.281. The largest absolute Gasteiger partial charge is 0.494 e. The minimum atomic E-state index is -0.714. The smallest absolute Gasteiger partial charge is 0.331 e. The summed E-state index contributed by atoms with van der Waals surface area (Å²) in [7, 11) is 6.34. The van der Waals surface area contributed by atoms with Crippen molar-refractivity contribution in [3.05, 3.63) is 56.8 Å². The number of ether oxygens (including phenoxy) is 3. The molecule has 1 aliphatic rings. The summed E-state index contributed by atoms with van der Waals surface area (Å²) in [5, 5.41) is 16.7. The molecule has 0 spiro atoms. The van der Waals surface area contributed by atoms with Gasteiger partial charge in [0.15, 0.2) is 11.5 Å². The normalized spacial score (nSPS) is 15.7. The Morgan fingerprint density at radius 3 is 2.40 bits per heavy atom. The Hall–Kier alpha value is -3.69. The van der Waals surface area contributed by atoms with E-state index in [4.69, 9.17) is 14.2 Å². The highest BCUT2D eigenvalue weighted by molar-refractivity contribution is 6.03. The summed E-state index contributed by atoms with van der Waals surface area (Å²) in [5.74, 6) is 1.01. The molecule has 0 radical (unpaired) electrons. The van der Waals surface area contributed by atoms with Crippen molar-refractivity contribution in [2.45, 2.75) is 19.0 Å². The van der Waals surface area contributed by atoms with Crippen molar-refractivity contribution in [1.82, 2.24) is 14.6 Å². The highest BCUT2D eigenvalue weighted by atomic mass is 16.5. The van der Waals surface area contributed by atoms with Gasteiger partial charge in [0.1, 0.15) is 5.56 Å². The van der Waals surface area contributed by atoms with Crippen molar-refractivity contribution in [3.8, 4) is 23.1 Å². The number of allylic oxidation sites excluding steroid dienone is 1. The third kappa shape index (κ3) is 3.51. The zero-order valence-corrected chi connectivity index (χ0v) is 17.3. The fraction of sp³-hybridized carbons (Fsp3) is 0.350. The molecule has 160 valence electrons. The van der Waals surface area contributed by atoms with Gasteiger partial charge in [-0.3, -0.25) is 19.4 Å². The van der Waals surface area contributed by atoms with Crippen LogP contribution in [-0.2, 0) is 6.54 Å². The van der Waals surface area contributed by atoms with E-state index in [9.17, 15) is 14.7 Å². The van der Waals surface area contributed by atoms with Crippen LogP contribution in [0.1, 0.15) is 23.6 Å². The van der Waals surface area contributed by atoms with E-state index in [1.165, 1.54) is 27.4 Å². The molecule has 30 heavy (non-hydrogen) atoms. The van der Waals surface area contributed by atoms with Crippen LogP contribution in [0.25, 0.3) is 0 Å². The first-order valence-corrected chi connectivity index (χ1v) is 9.13. The summed E-state index contributed by atoms with van der Waals surface area (Å²) in [6.07, 6.45) is 1.77. The van der Waals surface area contributed by atoms with Crippen molar-refractivity contribution in [1.29, 1.82) is 0 Å². The molecule has 2 heterocycles. The lowest BCUT2D eigenvalue weighted by molar-refractivity contribution is 0.284. The number of hydrogen-bond acceptors (Lipinski definition) is 8. The van der Waals surface area contributed by atoms with Gasteiger partial charge in [-0.15, -0.1) is 6.58 Å². The first-order valence-electron chi connectivity index (χ1n) is 9.13. The van der Waals surface area contributed by atoms with Gasteiger partial charge in [0.25, 0.3) is 5.56 Å². The predicted molar refractivity (Wildman–Crippen MR) is 111 cm³/mol. The van der Waals surface area contributed by atoms with E-state index in [2.05, 4.69) is 16.7 Å². The van der Waals surface area contributed by atoms with Crippen molar-refractivity contribution < 1.29 is 19.3 Å². The van der Waals surface area contributed by atoms with Gasteiger partial charge in [0.2, 0.25) is 11.6 Å². The van der Waals surface area contributed by atoms with Gasteiger partial charge >= 0.3 is 5.69 Å². The van der Waals surface area contributed by atoms with E-state index in [0.717, 1.165) is 10.1 Å². The maximum atomic E-state index is 12.4. The second-order valence-corrected chi connectivity index (χ2v) is 6.66. The first-order chi connectivity index (χ1) is 14.4. The molecule has 0 fully saturated rings. The second kappa shape index (κ2) is 8.36. The number of aromatic nitrogens is 2. The molecule has 0 bridgehead atoms. The Kier molecular flexibility index (Phi) is 5.86. The van der Waals surface area contributed by atoms with Crippen LogP contribution in [0.5, 0.6) is 23.1 Å². The molecule has 1 aliphatic heterocycles. The molecule has 0 saturated heterocycles. The van der Waals surface area contributed by atoms with E-state index in [1.807, 2.05) is 12.1 Å². The zero-order valence-electron chi connectivity index (χ0n) is 17.3. The molecule has 0 saturated carbocycles. The van der Waals surface area contributed by atoms with E-state index in [1.54, 1.807) is 12.1 Å². The Morgan fingerprint density at radius 1 is 1.23 bits per heavy atom. The summed E-state index contributed by atoms with van der Waals surface area (Å²) < 4.78 is 17.2. The standard InChI is InChI=1S/C20H24N4O6/c1-6-7-24-19(26)16(18(25)21-20(24)27)12-10-13(23(2)22-12)11-8-14(28-3)17(30-5)15(9-11)29-4/h6,8-9,13,26H,1,7,10H2,2-5H3,(H,21,25,27)/t13-/m1/s1. The minimum absolute atomic E-state index is 0.0433. The van der Waals surface area contributed by atoms with Crippen LogP contribution in [0.3, 0.4) is 0 Å². The van der Waals surface area contributed by atoms with Crippen LogP contribution in [0.15, 0.2) is 39.5 Å². The zero-order chi connectivity index (χ0) is 22.0. The molecule has 0 aliphatic carbocycles. The highest BCUT2D eigenvalue weighted by Crippen LogP contribution is 2.42. The number of nitrogens with one attached hydrogen (secondary N) is 1. The SMILES string of the molecule is C=CCn1c(O)c(C2=NN(C)[C@@H](c3cc(OC)c(OC)c(OC)c3)C2)c(=O)[nH]c1=O. The number of nitrogens with zero attached hydrogens (tertiary/aromatic N) is 3. The lowest BCUT2D eigenvalue weighted by atomic mass is 9.98. The lowest BCUT2D eigenvalue weighted by Crippen LogP contribution is -2.33. The van der Waals surface area contributed by atoms with Gasteiger partial charge in [0.05, 0.1) is 33.1 Å². The van der Waals surface area contributed by atoms with E-state index >= 15 is 0 Å². The molecule has 3 rings (SSSR count). The molecule has 10 nitrogen and oxygen atoms in total. The van der Waals surface area contributed by atoms with Gasteiger partial charge in [0, 0.05) is 20.0 Å². The molecule has 0 amide bonds. The van der Waals surface area contributed by atoms with Crippen molar-refractivity contribution in [2.24, 2.45) is 5.10 Å². The van der Waals surface area contributed by atoms with Crippen molar-refractivity contribution >= 4 is 5.71 Å². The van der Waals surface area contributed by atoms with Crippen LogP contribution in [0.2, 0.25) is 0 Å². The second-order valence-electron chi connectivity index (χ2n) is 6.66. The van der Waals surface area contributed by atoms with Crippen LogP contribution < -0.4 is 25.5 Å². The van der Waals surface area contributed by atoms with Gasteiger partial charge in [-0.25, -0.2) is 4.79 Å². The minimum Gasteiger partial charge on any atom is -0.494 e. The molecule has 1 aromatic heterocycles. The fourth-order valence-electron chi connectivity index (χ4n) is 3.51. The molecule has 10 heteroatoms. The Labute approximate surface area is 172 Å². The quantitative estimate of drug-likeness (QED) is 0.652. The van der Waals surface area contributed by atoms with Gasteiger partial charge < -0.3 is 19.3 Å². The Balaban J connectivity index is 2.04. The average molecular weight is 416 g/mol. The summed E-state index contributed by atoms with van der Waals surface area (Å²) in [6.45, 7) is 3.61. The number of H-pyrrole nitrogens is 1. The predicted octanol–water partition coefficient (Wildman–Crippen LogP) is 1.23. The number of aromatic hydroxyl groups is 1. The van der Waals surface area contributed by atoms with E-state index < -0.39 is 17.1 Å². The van der Waals surface area contributed by atoms with Crippen molar-refractivity contribution in [2.75, 3.05) is 28.4 Å². The molecule has 0 unspecified atom stereocenters. The van der Waals surface area contributed by atoms with Crippen LogP contribution in [0.4, 0.5) is 0 Å². The third-order valence-corrected chi connectivity index (χ3v) is 4.96. The average Bonchev–Trinajstić information content (AvgIpc) is 3.10. The molecule has 2 aromatic rings. The van der Waals surface area contributed by atoms with Crippen LogP contribution in [0, 0.1) is 0 Å². The van der Waals surface area contributed by atoms with Crippen LogP contribution in [-0.4, -0.2) is 53.8 Å². The summed E-state index contributed by atoms with van der Waals surface area (Å²) in [6, 6.07) is 3.36. The van der Waals surface area contributed by atoms with E-state index in [0.29, 0.717) is 29.4 Å². The van der Waals surface area contributed by atoms with Gasteiger partial charge in [-0.05, 0) is 17.7 Å². The fourth-order valence-corrected chi connectivity index (χ4v) is 3.51. The molecule has 2 N–H and O–H groups in total. The van der Waals surface area contributed by atoms with Gasteiger partial charge in [-0.2, -0.15) is 5.10 Å². The molecule has 1 atom stereocenters. The molecular formula is C20H24N4O6. The monoisotopic (exact) mass is 416 g/mol. The van der Waals surface area contributed by atoms with E-state index in [-0.39, 0.29) is 18.2 Å². The number of methoxy groups -OCH3 is 3. The maximum Gasteiger partial charge on any atom is 0.331 e.